The molecule has 19 heavy (non-hydrogen) atoms. The van der Waals surface area contributed by atoms with Gasteiger partial charge in [0.1, 0.15) is 0 Å². The van der Waals surface area contributed by atoms with Crippen LogP contribution in [0.1, 0.15) is 53.4 Å². The average molecular weight is 291 g/mol. The molecule has 0 amide bonds. The van der Waals surface area contributed by atoms with E-state index in [1.807, 2.05) is 20.8 Å². The minimum absolute atomic E-state index is 0.681. The Morgan fingerprint density at radius 3 is 1.63 bits per heavy atom. The van der Waals surface area contributed by atoms with E-state index in [-0.39, 0.29) is 0 Å². The summed E-state index contributed by atoms with van der Waals surface area (Å²) in [6.45, 7) is 10.3. The van der Waals surface area contributed by atoms with Crippen LogP contribution in [0.3, 0.4) is 0 Å². The molecule has 0 radical (unpaired) electrons. The fraction of sp³-hybridized carbons (Fsp3) is 0.923. The molecule has 0 aromatic carbocycles. The topological polar surface area (TPSA) is 68.6 Å². The van der Waals surface area contributed by atoms with Gasteiger partial charge in [-0.3, -0.25) is 0 Å². The van der Waals surface area contributed by atoms with Crippen molar-refractivity contribution in [3.63, 3.8) is 0 Å². The normalized spacial score (nSPS) is 10.5. The van der Waals surface area contributed by atoms with Crippen LogP contribution in [-0.4, -0.2) is 34.7 Å². The molecule has 6 heteroatoms. The molecular formula is C13H29NO4Si. The molecule has 0 aliphatic rings. The van der Waals surface area contributed by atoms with Gasteiger partial charge in [-0.1, -0.05) is 26.2 Å². The van der Waals surface area contributed by atoms with Crippen LogP contribution in [0.4, 0.5) is 0 Å². The minimum Gasteiger partial charge on any atom is -0.374 e. The molecule has 0 bridgehead atoms. The lowest BCUT2D eigenvalue weighted by Crippen LogP contribution is -2.45. The van der Waals surface area contributed by atoms with E-state index in [2.05, 4.69) is 6.92 Å². The van der Waals surface area contributed by atoms with E-state index in [1.54, 1.807) is 0 Å². The second-order valence-electron chi connectivity index (χ2n) is 3.89. The number of hydrogen-bond acceptors (Lipinski definition) is 5. The van der Waals surface area contributed by atoms with Gasteiger partial charge in [-0.25, -0.2) is 10.2 Å². The van der Waals surface area contributed by atoms with Crippen molar-refractivity contribution in [1.29, 1.82) is 5.41 Å². The zero-order valence-electron chi connectivity index (χ0n) is 12.8. The zero-order chi connectivity index (χ0) is 15.0. The van der Waals surface area contributed by atoms with Crippen molar-refractivity contribution in [3.05, 3.63) is 0 Å². The van der Waals surface area contributed by atoms with Crippen LogP contribution < -0.4 is 0 Å². The molecule has 0 aromatic rings. The number of unbranched alkanes of at least 4 members (excludes halogenated alkanes) is 3. The highest BCUT2D eigenvalue weighted by atomic mass is 28.4. The van der Waals surface area contributed by atoms with Crippen LogP contribution in [0.2, 0.25) is 6.04 Å². The monoisotopic (exact) mass is 291 g/mol. The summed E-state index contributed by atoms with van der Waals surface area (Å²) in [6, 6.07) is 0.961. The second-order valence-corrected chi connectivity index (χ2v) is 6.63. The van der Waals surface area contributed by atoms with Gasteiger partial charge in [0.2, 0.25) is 6.08 Å². The smallest absolute Gasteiger partial charge is 0.374 e. The summed E-state index contributed by atoms with van der Waals surface area (Å²) in [5.74, 6) is 0. The number of nitrogens with one attached hydrogen (secondary N) is 1. The van der Waals surface area contributed by atoms with Crippen molar-refractivity contribution in [2.75, 3.05) is 19.8 Å². The quantitative estimate of drug-likeness (QED) is 0.274. The van der Waals surface area contributed by atoms with Gasteiger partial charge in [-0.15, -0.1) is 0 Å². The lowest BCUT2D eigenvalue weighted by molar-refractivity contribution is 0.0706. The lowest BCUT2D eigenvalue weighted by Gasteiger charge is -2.28. The van der Waals surface area contributed by atoms with E-state index in [0.29, 0.717) is 19.8 Å². The van der Waals surface area contributed by atoms with Crippen molar-refractivity contribution in [2.45, 2.75) is 59.4 Å². The predicted octanol–water partition coefficient (Wildman–Crippen LogP) is 3.52. The fourth-order valence-electron chi connectivity index (χ4n) is 1.77. The highest BCUT2D eigenvalue weighted by Crippen LogP contribution is 2.20. The highest BCUT2D eigenvalue weighted by molar-refractivity contribution is 6.60. The van der Waals surface area contributed by atoms with Crippen LogP contribution in [0, 0.1) is 5.41 Å². The van der Waals surface area contributed by atoms with Crippen molar-refractivity contribution in [1.82, 2.24) is 0 Å². The molecule has 0 aromatic heterocycles. The molecule has 0 unspecified atom stereocenters. The summed E-state index contributed by atoms with van der Waals surface area (Å²) in [4.78, 5) is 8.35. The van der Waals surface area contributed by atoms with Gasteiger partial charge in [0, 0.05) is 25.9 Å². The predicted molar refractivity (Wildman–Crippen MR) is 78.0 cm³/mol. The van der Waals surface area contributed by atoms with Crippen LogP contribution in [0.5, 0.6) is 0 Å². The largest absolute Gasteiger partial charge is 0.500 e. The van der Waals surface area contributed by atoms with E-state index in [4.69, 9.17) is 23.5 Å². The average Bonchev–Trinajstić information content (AvgIpc) is 2.37. The molecule has 0 aliphatic carbocycles. The first-order chi connectivity index (χ1) is 9.16. The van der Waals surface area contributed by atoms with Gasteiger partial charge in [0.05, 0.1) is 0 Å². The Morgan fingerprint density at radius 1 is 0.895 bits per heavy atom. The van der Waals surface area contributed by atoms with Crippen LogP contribution in [0.15, 0.2) is 0 Å². The van der Waals surface area contributed by atoms with Gasteiger partial charge >= 0.3 is 8.80 Å². The summed E-state index contributed by atoms with van der Waals surface area (Å²) >= 11 is 0. The Morgan fingerprint density at radius 2 is 1.32 bits per heavy atom. The molecule has 114 valence electrons. The minimum atomic E-state index is -2.35. The molecule has 0 fully saturated rings. The second kappa shape index (κ2) is 15.5. The first-order valence-electron chi connectivity index (χ1n) is 7.11. The molecule has 0 heterocycles. The van der Waals surface area contributed by atoms with Crippen molar-refractivity contribution >= 4 is 14.9 Å². The summed E-state index contributed by atoms with van der Waals surface area (Å²) in [5, 5.41) is 5.40. The highest BCUT2D eigenvalue weighted by Gasteiger charge is 2.39. The molecule has 0 atom stereocenters. The molecule has 0 spiro atoms. The Balaban J connectivity index is 0. The van der Waals surface area contributed by atoms with Crippen molar-refractivity contribution in [3.8, 4) is 0 Å². The summed E-state index contributed by atoms with van der Waals surface area (Å²) in [6.07, 6.45) is 5.69. The Hall–Kier alpha value is -0.523. The molecule has 0 saturated carbocycles. The summed E-state index contributed by atoms with van der Waals surface area (Å²) < 4.78 is 17.4. The number of hydrogen-bond donors (Lipinski definition) is 1. The Kier molecular flexibility index (Phi) is 17.0. The van der Waals surface area contributed by atoms with Crippen LogP contribution in [0.25, 0.3) is 0 Å². The van der Waals surface area contributed by atoms with E-state index in [0.717, 1.165) is 18.5 Å². The molecular weight excluding hydrogens is 262 g/mol. The molecule has 1 N–H and O–H groups in total. The number of isocyanates is 1. The Labute approximate surface area is 118 Å². The molecule has 0 aliphatic heterocycles. The molecule has 5 nitrogen and oxygen atoms in total. The maximum absolute atomic E-state index is 8.35. The third kappa shape index (κ3) is 12.3. The summed E-state index contributed by atoms with van der Waals surface area (Å²) in [5.41, 5.74) is 0. The standard InChI is InChI=1S/C12H28O3Si.CHNO/c1-5-9-10-11-12-16(13-6-2,14-7-3)15-8-4;2-1-3/h5-12H2,1-4H3;2H. The third-order valence-electron chi connectivity index (χ3n) is 2.43. The number of carbonyl (C=O) groups excluding carboxylic acids is 1. The van der Waals surface area contributed by atoms with Gasteiger partial charge in [0.25, 0.3) is 0 Å². The first kappa shape index (κ1) is 20.8. The first-order valence-corrected chi connectivity index (χ1v) is 9.05. The Bertz CT molecular complexity index is 204. The van der Waals surface area contributed by atoms with Crippen LogP contribution in [-0.2, 0) is 18.1 Å². The third-order valence-corrected chi connectivity index (χ3v) is 5.58. The van der Waals surface area contributed by atoms with Gasteiger partial charge in [0.15, 0.2) is 0 Å². The van der Waals surface area contributed by atoms with Gasteiger partial charge in [-0.2, -0.15) is 0 Å². The summed E-state index contributed by atoms with van der Waals surface area (Å²) in [7, 11) is -2.35. The maximum atomic E-state index is 8.35. The molecule has 0 rings (SSSR count). The SMILES string of the molecule is CCCCCC[Si](OCC)(OCC)OCC.N=C=O. The van der Waals surface area contributed by atoms with E-state index >= 15 is 0 Å². The maximum Gasteiger partial charge on any atom is 0.500 e. The van der Waals surface area contributed by atoms with E-state index in [1.165, 1.54) is 19.3 Å². The lowest BCUT2D eigenvalue weighted by atomic mass is 10.2. The fourth-order valence-corrected chi connectivity index (χ4v) is 4.46. The van der Waals surface area contributed by atoms with Crippen molar-refractivity contribution < 1.29 is 18.1 Å². The van der Waals surface area contributed by atoms with Crippen LogP contribution >= 0.6 is 0 Å². The van der Waals surface area contributed by atoms with E-state index in [9.17, 15) is 0 Å². The zero-order valence-corrected chi connectivity index (χ0v) is 13.8. The molecule has 0 saturated heterocycles. The van der Waals surface area contributed by atoms with Gasteiger partial charge in [-0.05, 0) is 27.2 Å². The van der Waals surface area contributed by atoms with E-state index < -0.39 is 8.80 Å². The van der Waals surface area contributed by atoms with Crippen molar-refractivity contribution in [2.24, 2.45) is 0 Å². The van der Waals surface area contributed by atoms with Gasteiger partial charge < -0.3 is 13.3 Å². The number of rotatable bonds is 11.